The van der Waals surface area contributed by atoms with Crippen LogP contribution in [0.1, 0.15) is 31.1 Å². The number of rotatable bonds is 8. The molecule has 1 aromatic rings. The third-order valence-electron chi connectivity index (χ3n) is 3.11. The molecule has 0 spiro atoms. The zero-order valence-electron chi connectivity index (χ0n) is 15.8. The monoisotopic (exact) mass is 371 g/mol. The number of esters is 1. The van der Waals surface area contributed by atoms with Gasteiger partial charge < -0.3 is 23.8 Å². The molecule has 0 aliphatic heterocycles. The summed E-state index contributed by atoms with van der Waals surface area (Å²) in [6, 6.07) is 3.61. The Morgan fingerprint density at radius 2 is 1.85 bits per heavy atom. The van der Waals surface area contributed by atoms with Gasteiger partial charge in [0.1, 0.15) is 29.3 Å². The largest absolute Gasteiger partial charge is 0.490 e. The maximum Gasteiger partial charge on any atom is 0.410 e. The number of methoxy groups -OCH3 is 1. The van der Waals surface area contributed by atoms with E-state index in [0.29, 0.717) is 13.2 Å². The average molecular weight is 371 g/mol. The Bertz CT molecular complexity index is 614. The molecule has 0 fully saturated rings. The van der Waals surface area contributed by atoms with Crippen molar-refractivity contribution in [3.8, 4) is 5.75 Å². The van der Waals surface area contributed by atoms with E-state index < -0.39 is 23.5 Å². The molecule has 1 rings (SSSR count). The second kappa shape index (κ2) is 9.96. The second-order valence-corrected chi connectivity index (χ2v) is 6.49. The number of halogens is 1. The first-order valence-electron chi connectivity index (χ1n) is 8.16. The van der Waals surface area contributed by atoms with Crippen molar-refractivity contribution >= 4 is 12.1 Å². The average Bonchev–Trinajstić information content (AvgIpc) is 2.56. The highest BCUT2D eigenvalue weighted by atomic mass is 19.1. The number of benzene rings is 1. The lowest BCUT2D eigenvalue weighted by atomic mass is 10.2. The predicted octanol–water partition coefficient (Wildman–Crippen LogP) is 2.87. The molecule has 26 heavy (non-hydrogen) atoms. The molecule has 7 nitrogen and oxygen atoms in total. The molecule has 0 N–H and O–H groups in total. The fourth-order valence-corrected chi connectivity index (χ4v) is 1.84. The lowest BCUT2D eigenvalue weighted by molar-refractivity contribution is 0.0216. The van der Waals surface area contributed by atoms with Crippen LogP contribution in [-0.4, -0.2) is 63.1 Å². The van der Waals surface area contributed by atoms with Crippen LogP contribution >= 0.6 is 0 Å². The zero-order valence-corrected chi connectivity index (χ0v) is 15.8. The molecule has 0 radical (unpaired) electrons. The molecule has 1 amide bonds. The van der Waals surface area contributed by atoms with Crippen LogP contribution in [0.4, 0.5) is 9.18 Å². The molecule has 0 aliphatic carbocycles. The van der Waals surface area contributed by atoms with Crippen molar-refractivity contribution in [3.63, 3.8) is 0 Å². The number of hydrogen-bond donors (Lipinski definition) is 0. The minimum atomic E-state index is -0.681. The summed E-state index contributed by atoms with van der Waals surface area (Å²) in [5.41, 5.74) is -0.538. The van der Waals surface area contributed by atoms with Gasteiger partial charge in [0.15, 0.2) is 0 Å². The summed E-state index contributed by atoms with van der Waals surface area (Å²) in [5.74, 6) is -1.02. The Balaban J connectivity index is 2.33. The highest BCUT2D eigenvalue weighted by Gasteiger charge is 2.19. The predicted molar refractivity (Wildman–Crippen MR) is 92.9 cm³/mol. The Hall–Kier alpha value is -2.35. The van der Waals surface area contributed by atoms with Crippen LogP contribution in [-0.2, 0) is 14.2 Å². The Kier molecular flexibility index (Phi) is 8.31. The van der Waals surface area contributed by atoms with Crippen LogP contribution in [0.2, 0.25) is 0 Å². The smallest absolute Gasteiger partial charge is 0.410 e. The van der Waals surface area contributed by atoms with E-state index in [4.69, 9.17) is 14.2 Å². The van der Waals surface area contributed by atoms with Gasteiger partial charge in [0.05, 0.1) is 20.3 Å². The van der Waals surface area contributed by atoms with Gasteiger partial charge in [0, 0.05) is 13.6 Å². The zero-order chi connectivity index (χ0) is 19.7. The third kappa shape index (κ3) is 7.69. The SMILES string of the molecule is COC(=O)c1cc(F)ccc1OCCOCCN(C)C(=O)OC(C)(C)C. The van der Waals surface area contributed by atoms with Crippen LogP contribution in [0.3, 0.4) is 0 Å². The molecule has 0 saturated heterocycles. The van der Waals surface area contributed by atoms with Gasteiger partial charge in [-0.25, -0.2) is 14.0 Å². The van der Waals surface area contributed by atoms with Crippen LogP contribution < -0.4 is 4.74 Å². The second-order valence-electron chi connectivity index (χ2n) is 6.49. The molecule has 0 atom stereocenters. The van der Waals surface area contributed by atoms with Crippen LogP contribution in [0.5, 0.6) is 5.75 Å². The Morgan fingerprint density at radius 3 is 2.46 bits per heavy atom. The summed E-state index contributed by atoms with van der Waals surface area (Å²) in [4.78, 5) is 24.8. The Morgan fingerprint density at radius 1 is 1.15 bits per heavy atom. The maximum atomic E-state index is 13.2. The van der Waals surface area contributed by atoms with Crippen molar-refractivity contribution in [3.05, 3.63) is 29.6 Å². The number of carbonyl (C=O) groups is 2. The highest BCUT2D eigenvalue weighted by molar-refractivity contribution is 5.92. The first-order valence-corrected chi connectivity index (χ1v) is 8.16. The number of amides is 1. The van der Waals surface area contributed by atoms with E-state index in [9.17, 15) is 14.0 Å². The van der Waals surface area contributed by atoms with E-state index in [1.807, 2.05) is 0 Å². The van der Waals surface area contributed by atoms with Crippen molar-refractivity contribution in [2.45, 2.75) is 26.4 Å². The van der Waals surface area contributed by atoms with Crippen LogP contribution in [0.25, 0.3) is 0 Å². The van der Waals surface area contributed by atoms with Crippen molar-refractivity contribution in [2.24, 2.45) is 0 Å². The summed E-state index contributed by atoms with van der Waals surface area (Å²) < 4.78 is 33.9. The van der Waals surface area contributed by atoms with E-state index in [1.165, 1.54) is 24.1 Å². The van der Waals surface area contributed by atoms with Gasteiger partial charge in [-0.3, -0.25) is 0 Å². The van der Waals surface area contributed by atoms with Gasteiger partial charge in [-0.15, -0.1) is 0 Å². The number of carbonyl (C=O) groups excluding carboxylic acids is 2. The summed E-state index contributed by atoms with van der Waals surface area (Å²) in [7, 11) is 2.83. The van der Waals surface area contributed by atoms with Crippen LogP contribution in [0.15, 0.2) is 18.2 Å². The van der Waals surface area contributed by atoms with Crippen molar-refractivity contribution < 1.29 is 32.9 Å². The molecule has 0 aliphatic rings. The molecule has 0 saturated carbocycles. The van der Waals surface area contributed by atoms with Crippen molar-refractivity contribution in [2.75, 3.05) is 40.5 Å². The number of likely N-dealkylation sites (N-methyl/N-ethyl adjacent to an activating group) is 1. The lowest BCUT2D eigenvalue weighted by Crippen LogP contribution is -2.36. The number of hydrogen-bond acceptors (Lipinski definition) is 6. The van der Waals surface area contributed by atoms with Gasteiger partial charge in [-0.05, 0) is 39.0 Å². The fourth-order valence-electron chi connectivity index (χ4n) is 1.84. The normalized spacial score (nSPS) is 11.0. The summed E-state index contributed by atoms with van der Waals surface area (Å²) in [5, 5.41) is 0. The first-order chi connectivity index (χ1) is 12.1. The van der Waals surface area contributed by atoms with Gasteiger partial charge >= 0.3 is 12.1 Å². The molecule has 0 unspecified atom stereocenters. The standard InChI is InChI=1S/C18H26FNO6/c1-18(2,3)26-17(22)20(4)8-9-24-10-11-25-15-7-6-13(19)12-14(15)16(21)23-5/h6-7,12H,8-11H2,1-5H3. The minimum absolute atomic E-state index is 0.0113. The van der Waals surface area contributed by atoms with Gasteiger partial charge in [-0.2, -0.15) is 0 Å². The van der Waals surface area contributed by atoms with Gasteiger partial charge in [-0.1, -0.05) is 0 Å². The molecule has 146 valence electrons. The minimum Gasteiger partial charge on any atom is -0.490 e. The van der Waals surface area contributed by atoms with Crippen molar-refractivity contribution in [1.82, 2.24) is 4.90 Å². The fraction of sp³-hybridized carbons (Fsp3) is 0.556. The van der Waals surface area contributed by atoms with E-state index in [-0.39, 0.29) is 24.5 Å². The summed E-state index contributed by atoms with van der Waals surface area (Å²) >= 11 is 0. The molecular weight excluding hydrogens is 345 g/mol. The van der Waals surface area contributed by atoms with Crippen LogP contribution in [0, 0.1) is 5.82 Å². The lowest BCUT2D eigenvalue weighted by Gasteiger charge is -2.24. The quantitative estimate of drug-likeness (QED) is 0.517. The molecule has 8 heteroatoms. The van der Waals surface area contributed by atoms with E-state index in [0.717, 1.165) is 6.07 Å². The number of nitrogens with zero attached hydrogens (tertiary/aromatic N) is 1. The van der Waals surface area contributed by atoms with E-state index >= 15 is 0 Å². The van der Waals surface area contributed by atoms with Gasteiger partial charge in [0.25, 0.3) is 0 Å². The maximum absolute atomic E-state index is 13.2. The van der Waals surface area contributed by atoms with E-state index in [2.05, 4.69) is 4.74 Å². The molecule has 0 aromatic heterocycles. The topological polar surface area (TPSA) is 74.3 Å². The van der Waals surface area contributed by atoms with E-state index in [1.54, 1.807) is 27.8 Å². The highest BCUT2D eigenvalue weighted by Crippen LogP contribution is 2.20. The third-order valence-corrected chi connectivity index (χ3v) is 3.11. The molecule has 0 heterocycles. The van der Waals surface area contributed by atoms with Crippen molar-refractivity contribution in [1.29, 1.82) is 0 Å². The molecular formula is C18H26FNO6. The summed E-state index contributed by atoms with van der Waals surface area (Å²) in [6.45, 7) is 6.44. The number of ether oxygens (including phenoxy) is 4. The summed E-state index contributed by atoms with van der Waals surface area (Å²) in [6.07, 6.45) is -0.425. The first kappa shape index (κ1) is 21.7. The Labute approximate surface area is 153 Å². The van der Waals surface area contributed by atoms with Gasteiger partial charge in [0.2, 0.25) is 0 Å². The molecule has 1 aromatic carbocycles. The molecule has 0 bridgehead atoms.